The predicted octanol–water partition coefficient (Wildman–Crippen LogP) is 3.64. The van der Waals surface area contributed by atoms with Crippen LogP contribution in [0.4, 0.5) is 0 Å². The highest BCUT2D eigenvalue weighted by atomic mass is 16.2. The van der Waals surface area contributed by atoms with Gasteiger partial charge in [0.25, 0.3) is 0 Å². The number of hydrogen-bond acceptors (Lipinski definition) is 2. The summed E-state index contributed by atoms with van der Waals surface area (Å²) in [5, 5.41) is 0. The van der Waals surface area contributed by atoms with Gasteiger partial charge in [0.1, 0.15) is 0 Å². The lowest BCUT2D eigenvalue weighted by Crippen LogP contribution is -2.62. The molecule has 2 heterocycles. The van der Waals surface area contributed by atoms with Gasteiger partial charge in [0.05, 0.1) is 0 Å². The van der Waals surface area contributed by atoms with Gasteiger partial charge in [-0.1, -0.05) is 34.6 Å². The van der Waals surface area contributed by atoms with E-state index in [1.165, 1.54) is 32.5 Å². The van der Waals surface area contributed by atoms with Crippen molar-refractivity contribution < 1.29 is 4.79 Å². The Kier molecular flexibility index (Phi) is 5.93. The Bertz CT molecular complexity index is 362. The maximum atomic E-state index is 12.3. The molecule has 0 saturated carbocycles. The lowest BCUT2D eigenvalue weighted by atomic mass is 9.71. The molecule has 0 radical (unpaired) electrons. The van der Waals surface area contributed by atoms with Crippen LogP contribution >= 0.6 is 0 Å². The highest BCUT2D eigenvalue weighted by Crippen LogP contribution is 2.40. The Morgan fingerprint density at radius 2 is 1.64 bits per heavy atom. The zero-order valence-corrected chi connectivity index (χ0v) is 15.4. The molecule has 0 aliphatic carbocycles. The van der Waals surface area contributed by atoms with Crippen LogP contribution in [0, 0.1) is 23.2 Å². The van der Waals surface area contributed by atoms with E-state index in [1.807, 2.05) is 0 Å². The average molecular weight is 309 g/mol. The zero-order valence-electron chi connectivity index (χ0n) is 15.4. The smallest absolute Gasteiger partial charge is 0.222 e. The molecule has 0 aromatic heterocycles. The van der Waals surface area contributed by atoms with Crippen LogP contribution < -0.4 is 0 Å². The third-order valence-electron chi connectivity index (χ3n) is 5.90. The molecule has 2 fully saturated rings. The summed E-state index contributed by atoms with van der Waals surface area (Å²) in [6, 6.07) is 0. The van der Waals surface area contributed by atoms with E-state index in [2.05, 4.69) is 44.4 Å². The molecule has 0 N–H and O–H groups in total. The molecule has 3 nitrogen and oxygen atoms in total. The minimum Gasteiger partial charge on any atom is -0.341 e. The van der Waals surface area contributed by atoms with E-state index in [-0.39, 0.29) is 0 Å². The molecule has 22 heavy (non-hydrogen) atoms. The van der Waals surface area contributed by atoms with Gasteiger partial charge in [-0.2, -0.15) is 0 Å². The van der Waals surface area contributed by atoms with Crippen LogP contribution in [-0.4, -0.2) is 48.4 Å². The molecule has 1 spiro atoms. The molecule has 1 atom stereocenters. The normalized spacial score (nSPS) is 23.1. The van der Waals surface area contributed by atoms with Gasteiger partial charge in [0, 0.05) is 31.5 Å². The first-order chi connectivity index (χ1) is 10.3. The summed E-state index contributed by atoms with van der Waals surface area (Å²) in [5.41, 5.74) is 0.465. The first kappa shape index (κ1) is 17.8. The SMILES string of the molecule is CC(C)CN1CCC2(CC1)CN(C(=O)CCC(C)C(C)C)C2. The third-order valence-corrected chi connectivity index (χ3v) is 5.90. The summed E-state index contributed by atoms with van der Waals surface area (Å²) in [6.07, 6.45) is 4.36. The van der Waals surface area contributed by atoms with Gasteiger partial charge in [0.2, 0.25) is 5.91 Å². The molecule has 1 unspecified atom stereocenters. The second-order valence-corrected chi connectivity index (χ2v) is 8.70. The fraction of sp³-hybridized carbons (Fsp3) is 0.947. The van der Waals surface area contributed by atoms with Crippen molar-refractivity contribution in [2.24, 2.45) is 23.2 Å². The van der Waals surface area contributed by atoms with Crippen LogP contribution in [0.25, 0.3) is 0 Å². The van der Waals surface area contributed by atoms with Gasteiger partial charge < -0.3 is 9.80 Å². The lowest BCUT2D eigenvalue weighted by Gasteiger charge is -2.54. The van der Waals surface area contributed by atoms with E-state index in [0.29, 0.717) is 23.2 Å². The van der Waals surface area contributed by atoms with Crippen LogP contribution in [0.1, 0.15) is 60.3 Å². The highest BCUT2D eigenvalue weighted by Gasteiger charge is 2.46. The minimum atomic E-state index is 0.391. The largest absolute Gasteiger partial charge is 0.341 e. The maximum absolute atomic E-state index is 12.3. The van der Waals surface area contributed by atoms with Gasteiger partial charge in [0.15, 0.2) is 0 Å². The van der Waals surface area contributed by atoms with Gasteiger partial charge >= 0.3 is 0 Å². The molecule has 2 aliphatic heterocycles. The van der Waals surface area contributed by atoms with E-state index < -0.39 is 0 Å². The third kappa shape index (κ3) is 4.47. The van der Waals surface area contributed by atoms with E-state index in [9.17, 15) is 4.79 Å². The summed E-state index contributed by atoms with van der Waals surface area (Å²) in [4.78, 5) is 17.0. The van der Waals surface area contributed by atoms with E-state index in [4.69, 9.17) is 0 Å². The highest BCUT2D eigenvalue weighted by molar-refractivity contribution is 5.77. The Hall–Kier alpha value is -0.570. The van der Waals surface area contributed by atoms with Crippen LogP contribution in [-0.2, 0) is 4.79 Å². The van der Waals surface area contributed by atoms with Crippen molar-refractivity contribution in [3.8, 4) is 0 Å². The number of amides is 1. The number of hydrogen-bond donors (Lipinski definition) is 0. The molecule has 128 valence electrons. The van der Waals surface area contributed by atoms with Crippen molar-refractivity contribution in [2.45, 2.75) is 60.3 Å². The quantitative estimate of drug-likeness (QED) is 0.748. The monoisotopic (exact) mass is 308 g/mol. The van der Waals surface area contributed by atoms with Crippen molar-refractivity contribution in [3.63, 3.8) is 0 Å². The topological polar surface area (TPSA) is 23.6 Å². The van der Waals surface area contributed by atoms with Crippen molar-refractivity contribution in [1.29, 1.82) is 0 Å². The standard InChI is InChI=1S/C19H36N2O/c1-15(2)12-20-10-8-19(9-11-20)13-21(14-19)18(22)7-6-17(5)16(3)4/h15-17H,6-14H2,1-5H3. The molecule has 0 aromatic carbocycles. The zero-order chi connectivity index (χ0) is 16.3. The van der Waals surface area contributed by atoms with Crippen LogP contribution in [0.2, 0.25) is 0 Å². The molecular formula is C19H36N2O. The van der Waals surface area contributed by atoms with Crippen molar-refractivity contribution in [3.05, 3.63) is 0 Å². The second-order valence-electron chi connectivity index (χ2n) is 8.70. The average Bonchev–Trinajstić information content (AvgIpc) is 2.42. The Labute approximate surface area is 137 Å². The molecule has 2 aliphatic rings. The molecule has 2 rings (SSSR count). The van der Waals surface area contributed by atoms with Gasteiger partial charge in [-0.3, -0.25) is 4.79 Å². The first-order valence-electron chi connectivity index (χ1n) is 9.31. The molecule has 1 amide bonds. The summed E-state index contributed by atoms with van der Waals surface area (Å²) < 4.78 is 0. The number of piperidine rings is 1. The Balaban J connectivity index is 1.68. The van der Waals surface area contributed by atoms with Gasteiger partial charge in [-0.15, -0.1) is 0 Å². The van der Waals surface area contributed by atoms with Crippen LogP contribution in [0.5, 0.6) is 0 Å². The first-order valence-corrected chi connectivity index (χ1v) is 9.31. The molecular weight excluding hydrogens is 272 g/mol. The van der Waals surface area contributed by atoms with Crippen molar-refractivity contribution in [1.82, 2.24) is 9.80 Å². The summed E-state index contributed by atoms with van der Waals surface area (Å²) in [7, 11) is 0. The van der Waals surface area contributed by atoms with E-state index in [1.54, 1.807) is 0 Å². The fourth-order valence-corrected chi connectivity index (χ4v) is 3.82. The fourth-order valence-electron chi connectivity index (χ4n) is 3.82. The maximum Gasteiger partial charge on any atom is 0.222 e. The number of likely N-dealkylation sites (tertiary alicyclic amines) is 2. The van der Waals surface area contributed by atoms with E-state index in [0.717, 1.165) is 31.8 Å². The molecule has 2 saturated heterocycles. The van der Waals surface area contributed by atoms with Crippen molar-refractivity contribution in [2.75, 3.05) is 32.7 Å². The van der Waals surface area contributed by atoms with Gasteiger partial charge in [-0.25, -0.2) is 0 Å². The summed E-state index contributed by atoms with van der Waals surface area (Å²) in [6.45, 7) is 17.1. The van der Waals surface area contributed by atoms with Crippen molar-refractivity contribution >= 4 is 5.91 Å². The van der Waals surface area contributed by atoms with E-state index >= 15 is 0 Å². The number of carbonyl (C=O) groups is 1. The van der Waals surface area contributed by atoms with Crippen LogP contribution in [0.15, 0.2) is 0 Å². The minimum absolute atomic E-state index is 0.391. The number of rotatable bonds is 6. The Morgan fingerprint density at radius 1 is 1.05 bits per heavy atom. The summed E-state index contributed by atoms with van der Waals surface area (Å²) >= 11 is 0. The van der Waals surface area contributed by atoms with Crippen LogP contribution in [0.3, 0.4) is 0 Å². The Morgan fingerprint density at radius 3 is 2.14 bits per heavy atom. The second kappa shape index (κ2) is 7.33. The summed E-state index contributed by atoms with van der Waals surface area (Å²) in [5.74, 6) is 2.48. The molecule has 3 heteroatoms. The number of nitrogens with zero attached hydrogens (tertiary/aromatic N) is 2. The molecule has 0 aromatic rings. The number of carbonyl (C=O) groups excluding carboxylic acids is 1. The van der Waals surface area contributed by atoms with Gasteiger partial charge in [-0.05, 0) is 50.1 Å². The lowest BCUT2D eigenvalue weighted by molar-refractivity contribution is -0.147. The molecule has 0 bridgehead atoms. The predicted molar refractivity (Wildman–Crippen MR) is 92.8 cm³/mol.